The van der Waals surface area contributed by atoms with Crippen molar-refractivity contribution in [2.75, 3.05) is 18.0 Å². The molecule has 0 aliphatic carbocycles. The maximum atomic E-state index is 10.1. The molecule has 1 fully saturated rings. The van der Waals surface area contributed by atoms with Crippen LogP contribution in [0.15, 0.2) is 18.2 Å². The number of nitrogens with two attached hydrogens (primary N) is 1. The smallest absolute Gasteiger partial charge is 0.129 e. The van der Waals surface area contributed by atoms with Crippen LogP contribution < -0.4 is 10.6 Å². The van der Waals surface area contributed by atoms with Crippen LogP contribution in [0.2, 0.25) is 0 Å². The van der Waals surface area contributed by atoms with Crippen molar-refractivity contribution in [1.82, 2.24) is 4.98 Å². The molecule has 0 bridgehead atoms. The monoisotopic (exact) mass is 251 g/mol. The summed E-state index contributed by atoms with van der Waals surface area (Å²) in [6, 6.07) is 5.61. The lowest BCUT2D eigenvalue weighted by Gasteiger charge is -2.37. The molecule has 1 aliphatic heterocycles. The second kappa shape index (κ2) is 4.58. The van der Waals surface area contributed by atoms with Crippen LogP contribution in [0.1, 0.15) is 25.5 Å². The fourth-order valence-electron chi connectivity index (χ4n) is 2.15. The number of anilines is 1. The molecular formula is C12H17N3OS. The van der Waals surface area contributed by atoms with Crippen LogP contribution in [0.25, 0.3) is 0 Å². The Morgan fingerprint density at radius 3 is 3.00 bits per heavy atom. The van der Waals surface area contributed by atoms with Gasteiger partial charge < -0.3 is 15.7 Å². The number of β-amino-alcohol motifs (C(OH)–C–C–N with tert-alkyl or cyclic N) is 1. The van der Waals surface area contributed by atoms with Crippen molar-refractivity contribution in [3.63, 3.8) is 0 Å². The van der Waals surface area contributed by atoms with Gasteiger partial charge in [0.25, 0.3) is 0 Å². The first-order valence-electron chi connectivity index (χ1n) is 5.72. The molecule has 4 nitrogen and oxygen atoms in total. The maximum Gasteiger partial charge on any atom is 0.129 e. The van der Waals surface area contributed by atoms with Crippen molar-refractivity contribution in [3.8, 4) is 0 Å². The highest BCUT2D eigenvalue weighted by Gasteiger charge is 2.28. The van der Waals surface area contributed by atoms with E-state index in [1.165, 1.54) is 0 Å². The van der Waals surface area contributed by atoms with E-state index in [-0.39, 0.29) is 0 Å². The summed E-state index contributed by atoms with van der Waals surface area (Å²) in [6.45, 7) is 3.36. The summed E-state index contributed by atoms with van der Waals surface area (Å²) in [6.07, 6.45) is 1.80. The van der Waals surface area contributed by atoms with Gasteiger partial charge in [-0.3, -0.25) is 0 Å². The van der Waals surface area contributed by atoms with Gasteiger partial charge in [-0.1, -0.05) is 18.3 Å². The molecule has 2 rings (SSSR count). The zero-order valence-electron chi connectivity index (χ0n) is 9.89. The molecule has 0 radical (unpaired) electrons. The predicted octanol–water partition coefficient (Wildman–Crippen LogP) is 1.07. The summed E-state index contributed by atoms with van der Waals surface area (Å²) < 4.78 is 0. The van der Waals surface area contributed by atoms with E-state index in [0.29, 0.717) is 17.2 Å². The lowest BCUT2D eigenvalue weighted by Crippen LogP contribution is -2.46. The van der Waals surface area contributed by atoms with E-state index in [1.54, 1.807) is 6.07 Å². The lowest BCUT2D eigenvalue weighted by molar-refractivity contribution is 0.0447. The second-order valence-electron chi connectivity index (χ2n) is 4.77. The first-order chi connectivity index (χ1) is 7.98. The Labute approximate surface area is 106 Å². The Kier molecular flexibility index (Phi) is 3.31. The van der Waals surface area contributed by atoms with Gasteiger partial charge >= 0.3 is 0 Å². The topological polar surface area (TPSA) is 62.4 Å². The molecule has 0 spiro atoms. The van der Waals surface area contributed by atoms with Gasteiger partial charge in [0.1, 0.15) is 10.8 Å². The third-order valence-electron chi connectivity index (χ3n) is 2.99. The highest BCUT2D eigenvalue weighted by Crippen LogP contribution is 2.24. The average molecular weight is 251 g/mol. The zero-order chi connectivity index (χ0) is 12.5. The van der Waals surface area contributed by atoms with Gasteiger partial charge in [0.05, 0.1) is 11.3 Å². The van der Waals surface area contributed by atoms with Gasteiger partial charge in [-0.25, -0.2) is 4.98 Å². The molecule has 0 aromatic carbocycles. The van der Waals surface area contributed by atoms with Crippen LogP contribution >= 0.6 is 12.2 Å². The predicted molar refractivity (Wildman–Crippen MR) is 72.2 cm³/mol. The first-order valence-corrected chi connectivity index (χ1v) is 6.13. The number of aliphatic hydroxyl groups is 1. The summed E-state index contributed by atoms with van der Waals surface area (Å²) in [5.41, 5.74) is 5.55. The van der Waals surface area contributed by atoms with E-state index in [0.717, 1.165) is 25.2 Å². The van der Waals surface area contributed by atoms with Crippen molar-refractivity contribution in [1.29, 1.82) is 0 Å². The van der Waals surface area contributed by atoms with Crippen LogP contribution in [0.4, 0.5) is 5.82 Å². The Morgan fingerprint density at radius 1 is 1.59 bits per heavy atom. The molecule has 17 heavy (non-hydrogen) atoms. The minimum atomic E-state index is -0.640. The Bertz CT molecular complexity index is 434. The Hall–Kier alpha value is -1.20. The van der Waals surface area contributed by atoms with Gasteiger partial charge in [-0.2, -0.15) is 0 Å². The molecule has 1 saturated heterocycles. The van der Waals surface area contributed by atoms with Crippen LogP contribution in [0.3, 0.4) is 0 Å². The fourth-order valence-corrected chi connectivity index (χ4v) is 2.27. The number of nitrogens with zero attached hydrogens (tertiary/aromatic N) is 2. The van der Waals surface area contributed by atoms with Gasteiger partial charge in [0, 0.05) is 13.1 Å². The maximum absolute atomic E-state index is 10.1. The fraction of sp³-hybridized carbons (Fsp3) is 0.500. The normalized spacial score (nSPS) is 24.7. The van der Waals surface area contributed by atoms with E-state index in [9.17, 15) is 5.11 Å². The highest BCUT2D eigenvalue weighted by molar-refractivity contribution is 7.80. The van der Waals surface area contributed by atoms with Crippen molar-refractivity contribution in [2.24, 2.45) is 5.73 Å². The SMILES string of the molecule is CC1(O)CCCN(c2cccc(C(N)=S)n2)C1. The molecule has 1 unspecified atom stereocenters. The second-order valence-corrected chi connectivity index (χ2v) is 5.21. The molecule has 1 aliphatic rings. The van der Waals surface area contributed by atoms with E-state index >= 15 is 0 Å². The van der Waals surface area contributed by atoms with Crippen molar-refractivity contribution < 1.29 is 5.11 Å². The van der Waals surface area contributed by atoms with Crippen LogP contribution in [-0.2, 0) is 0 Å². The summed E-state index contributed by atoms with van der Waals surface area (Å²) >= 11 is 4.92. The molecule has 0 amide bonds. The quantitative estimate of drug-likeness (QED) is 0.770. The zero-order valence-corrected chi connectivity index (χ0v) is 10.7. The van der Waals surface area contributed by atoms with Crippen LogP contribution in [-0.4, -0.2) is 33.8 Å². The third-order valence-corrected chi connectivity index (χ3v) is 3.19. The number of pyridine rings is 1. The minimum absolute atomic E-state index is 0.301. The third kappa shape index (κ3) is 2.92. The lowest BCUT2D eigenvalue weighted by atomic mass is 9.95. The molecule has 1 aromatic rings. The van der Waals surface area contributed by atoms with Crippen LogP contribution in [0, 0.1) is 0 Å². The molecule has 1 aromatic heterocycles. The molecule has 1 atom stereocenters. The molecular weight excluding hydrogens is 234 g/mol. The minimum Gasteiger partial charge on any atom is -0.388 e. The Balaban J connectivity index is 2.22. The molecule has 0 saturated carbocycles. The largest absolute Gasteiger partial charge is 0.388 e. The molecule has 3 N–H and O–H groups in total. The van der Waals surface area contributed by atoms with Gasteiger partial charge in [-0.05, 0) is 31.9 Å². The van der Waals surface area contributed by atoms with Gasteiger partial charge in [0.2, 0.25) is 0 Å². The van der Waals surface area contributed by atoms with Gasteiger partial charge in [-0.15, -0.1) is 0 Å². The van der Waals surface area contributed by atoms with Crippen molar-refractivity contribution in [2.45, 2.75) is 25.4 Å². The number of aromatic nitrogens is 1. The van der Waals surface area contributed by atoms with Crippen molar-refractivity contribution >= 4 is 23.0 Å². The van der Waals surface area contributed by atoms with Gasteiger partial charge in [0.15, 0.2) is 0 Å². The number of hydrogen-bond acceptors (Lipinski definition) is 4. The number of piperidine rings is 1. The Morgan fingerprint density at radius 2 is 2.35 bits per heavy atom. The summed E-state index contributed by atoms with van der Waals surface area (Å²) in [5, 5.41) is 10.1. The standard InChI is InChI=1S/C12H17N3OS/c1-12(16)6-3-7-15(8-12)10-5-2-4-9(14-10)11(13)17/h2,4-5,16H,3,6-8H2,1H3,(H2,13,17). The first kappa shape index (κ1) is 12.3. The number of rotatable bonds is 2. The molecule has 5 heteroatoms. The van der Waals surface area contributed by atoms with Crippen molar-refractivity contribution in [3.05, 3.63) is 23.9 Å². The average Bonchev–Trinajstić information content (AvgIpc) is 2.28. The summed E-state index contributed by atoms with van der Waals surface area (Å²) in [5.74, 6) is 0.829. The highest BCUT2D eigenvalue weighted by atomic mass is 32.1. The van der Waals surface area contributed by atoms with E-state index < -0.39 is 5.60 Å². The number of hydrogen-bond donors (Lipinski definition) is 2. The van der Waals surface area contributed by atoms with E-state index in [2.05, 4.69) is 9.88 Å². The molecule has 2 heterocycles. The number of thiocarbonyl (C=S) groups is 1. The summed E-state index contributed by atoms with van der Waals surface area (Å²) in [4.78, 5) is 6.79. The van der Waals surface area contributed by atoms with Crippen LogP contribution in [0.5, 0.6) is 0 Å². The van der Waals surface area contributed by atoms with E-state index in [1.807, 2.05) is 19.1 Å². The summed E-state index contributed by atoms with van der Waals surface area (Å²) in [7, 11) is 0. The van der Waals surface area contributed by atoms with E-state index in [4.69, 9.17) is 18.0 Å². The molecule has 92 valence electrons.